The van der Waals surface area contributed by atoms with E-state index in [1.165, 1.54) is 44.9 Å². The maximum absolute atomic E-state index is 12.8. The maximum Gasteiger partial charge on any atom is 0.223 e. The molecule has 1 unspecified atom stereocenters. The molecule has 1 atom stereocenters. The predicted molar refractivity (Wildman–Crippen MR) is 90.8 cm³/mol. The molecule has 4 saturated carbocycles. The molecule has 2 N–H and O–H groups in total. The van der Waals surface area contributed by atoms with Gasteiger partial charge in [-0.15, -0.1) is 12.4 Å². The number of nitrogens with two attached hydrogens (primary N) is 1. The van der Waals surface area contributed by atoms with Gasteiger partial charge in [-0.25, -0.2) is 0 Å². The zero-order chi connectivity index (χ0) is 14.4. The quantitative estimate of drug-likeness (QED) is 0.865. The Morgan fingerprint density at radius 2 is 1.68 bits per heavy atom. The minimum atomic E-state index is 0. The van der Waals surface area contributed by atoms with Crippen molar-refractivity contribution in [1.82, 2.24) is 4.90 Å². The van der Waals surface area contributed by atoms with Crippen LogP contribution in [0.15, 0.2) is 0 Å². The molecule has 5 rings (SSSR count). The first-order chi connectivity index (χ1) is 10.2. The third-order valence-corrected chi connectivity index (χ3v) is 6.90. The van der Waals surface area contributed by atoms with Crippen molar-refractivity contribution in [2.75, 3.05) is 19.6 Å². The van der Waals surface area contributed by atoms with E-state index in [4.69, 9.17) is 5.73 Å². The molecule has 5 aliphatic rings. The highest BCUT2D eigenvalue weighted by Crippen LogP contribution is 2.61. The second kappa shape index (κ2) is 6.32. The van der Waals surface area contributed by atoms with E-state index in [0.717, 1.165) is 50.2 Å². The number of halogens is 1. The van der Waals surface area contributed by atoms with Crippen LogP contribution in [0.5, 0.6) is 0 Å². The lowest BCUT2D eigenvalue weighted by atomic mass is 9.49. The van der Waals surface area contributed by atoms with Crippen LogP contribution in [-0.4, -0.2) is 30.4 Å². The topological polar surface area (TPSA) is 46.3 Å². The largest absolute Gasteiger partial charge is 0.342 e. The summed E-state index contributed by atoms with van der Waals surface area (Å²) in [5, 5.41) is 0. The normalized spacial score (nSPS) is 43.0. The van der Waals surface area contributed by atoms with Crippen molar-refractivity contribution in [3.63, 3.8) is 0 Å². The summed E-state index contributed by atoms with van der Waals surface area (Å²) in [5.41, 5.74) is 6.21. The average Bonchev–Trinajstić information content (AvgIpc) is 2.45. The van der Waals surface area contributed by atoms with E-state index in [2.05, 4.69) is 4.90 Å². The SMILES string of the molecule is Cl.NCC1CCCN(C(=O)CC23CC4CC(CC(C4)C2)C3)C1. The number of rotatable bonds is 3. The highest BCUT2D eigenvalue weighted by Gasteiger charge is 2.51. The number of carbonyl (C=O) groups excluding carboxylic acids is 1. The fourth-order valence-corrected chi connectivity index (χ4v) is 6.42. The summed E-state index contributed by atoms with van der Waals surface area (Å²) in [4.78, 5) is 15.0. The van der Waals surface area contributed by atoms with Crippen LogP contribution in [0.1, 0.15) is 57.8 Å². The number of amides is 1. The Morgan fingerprint density at radius 1 is 1.09 bits per heavy atom. The van der Waals surface area contributed by atoms with Gasteiger partial charge in [0, 0.05) is 19.5 Å². The molecule has 0 aromatic carbocycles. The second-order valence-corrected chi connectivity index (χ2v) is 8.68. The van der Waals surface area contributed by atoms with E-state index in [0.29, 0.717) is 17.2 Å². The van der Waals surface area contributed by atoms with Crippen molar-refractivity contribution >= 4 is 18.3 Å². The van der Waals surface area contributed by atoms with Gasteiger partial charge >= 0.3 is 0 Å². The zero-order valence-electron chi connectivity index (χ0n) is 13.6. The number of hydrogen-bond donors (Lipinski definition) is 1. The first-order valence-corrected chi connectivity index (χ1v) is 9.14. The summed E-state index contributed by atoms with van der Waals surface area (Å²) < 4.78 is 0. The first-order valence-electron chi connectivity index (χ1n) is 9.14. The molecule has 3 nitrogen and oxygen atoms in total. The second-order valence-electron chi connectivity index (χ2n) is 8.68. The highest BCUT2D eigenvalue weighted by molar-refractivity contribution is 5.85. The molecule has 0 radical (unpaired) electrons. The monoisotopic (exact) mass is 326 g/mol. The smallest absolute Gasteiger partial charge is 0.223 e. The van der Waals surface area contributed by atoms with Gasteiger partial charge in [0.25, 0.3) is 0 Å². The van der Waals surface area contributed by atoms with E-state index in [9.17, 15) is 4.79 Å². The molecule has 1 aliphatic heterocycles. The van der Waals surface area contributed by atoms with Crippen molar-refractivity contribution in [1.29, 1.82) is 0 Å². The van der Waals surface area contributed by atoms with Crippen LogP contribution in [0.4, 0.5) is 0 Å². The molecule has 4 bridgehead atoms. The number of nitrogens with zero attached hydrogens (tertiary/aromatic N) is 1. The molecule has 4 aliphatic carbocycles. The van der Waals surface area contributed by atoms with Gasteiger partial charge in [0.2, 0.25) is 5.91 Å². The molecule has 1 heterocycles. The highest BCUT2D eigenvalue weighted by atomic mass is 35.5. The van der Waals surface area contributed by atoms with Crippen molar-refractivity contribution in [3.8, 4) is 0 Å². The maximum atomic E-state index is 12.8. The molecule has 5 fully saturated rings. The molecule has 0 spiro atoms. The van der Waals surface area contributed by atoms with Crippen molar-refractivity contribution in [2.45, 2.75) is 57.8 Å². The zero-order valence-corrected chi connectivity index (χ0v) is 14.5. The standard InChI is InChI=1S/C18H30N2O.ClH/c19-11-13-2-1-3-20(12-13)17(21)10-18-7-14-4-15(8-18)6-16(5-14)9-18;/h13-16H,1-12,19H2;1H. The van der Waals surface area contributed by atoms with Crippen molar-refractivity contribution in [2.24, 2.45) is 34.8 Å². The Morgan fingerprint density at radius 3 is 2.23 bits per heavy atom. The lowest BCUT2D eigenvalue weighted by Crippen LogP contribution is -2.49. The van der Waals surface area contributed by atoms with Crippen LogP contribution < -0.4 is 5.73 Å². The summed E-state index contributed by atoms with van der Waals surface area (Å²) >= 11 is 0. The van der Waals surface area contributed by atoms with Gasteiger partial charge in [0.1, 0.15) is 0 Å². The lowest BCUT2D eigenvalue weighted by Gasteiger charge is -2.57. The van der Waals surface area contributed by atoms with Gasteiger partial charge < -0.3 is 10.6 Å². The number of likely N-dealkylation sites (tertiary alicyclic amines) is 1. The lowest BCUT2D eigenvalue weighted by molar-refractivity contribution is -0.141. The van der Waals surface area contributed by atoms with E-state index in [1.807, 2.05) is 0 Å². The van der Waals surface area contributed by atoms with E-state index >= 15 is 0 Å². The van der Waals surface area contributed by atoms with Crippen molar-refractivity contribution in [3.05, 3.63) is 0 Å². The fourth-order valence-electron chi connectivity index (χ4n) is 6.42. The third-order valence-electron chi connectivity index (χ3n) is 6.90. The first kappa shape index (κ1) is 16.6. The van der Waals surface area contributed by atoms with Gasteiger partial charge in [0.15, 0.2) is 0 Å². The molecule has 0 aromatic rings. The van der Waals surface area contributed by atoms with Gasteiger partial charge in [-0.1, -0.05) is 0 Å². The van der Waals surface area contributed by atoms with E-state index < -0.39 is 0 Å². The molecule has 1 saturated heterocycles. The summed E-state index contributed by atoms with van der Waals surface area (Å²) in [6.45, 7) is 2.63. The van der Waals surface area contributed by atoms with Gasteiger partial charge in [-0.3, -0.25) is 4.79 Å². The predicted octanol–water partition coefficient (Wildman–Crippen LogP) is 3.21. The van der Waals surface area contributed by atoms with Crippen LogP contribution in [0, 0.1) is 29.1 Å². The number of piperidine rings is 1. The van der Waals surface area contributed by atoms with Gasteiger partial charge in [-0.05, 0) is 87.0 Å². The van der Waals surface area contributed by atoms with E-state index in [-0.39, 0.29) is 12.4 Å². The minimum absolute atomic E-state index is 0. The number of carbonyl (C=O) groups is 1. The van der Waals surface area contributed by atoms with Crippen LogP contribution in [0.25, 0.3) is 0 Å². The molecule has 126 valence electrons. The third kappa shape index (κ3) is 3.03. The molecule has 22 heavy (non-hydrogen) atoms. The van der Waals surface area contributed by atoms with Crippen LogP contribution in [-0.2, 0) is 4.79 Å². The summed E-state index contributed by atoms with van der Waals surface area (Å²) in [5.74, 6) is 3.82. The average molecular weight is 327 g/mol. The minimum Gasteiger partial charge on any atom is -0.342 e. The Kier molecular flexibility index (Phi) is 4.76. The number of hydrogen-bond acceptors (Lipinski definition) is 2. The van der Waals surface area contributed by atoms with Gasteiger partial charge in [-0.2, -0.15) is 0 Å². The van der Waals surface area contributed by atoms with E-state index in [1.54, 1.807) is 0 Å². The Bertz CT molecular complexity index is 390. The Hall–Kier alpha value is -0.280. The molecule has 1 amide bonds. The van der Waals surface area contributed by atoms with Crippen LogP contribution in [0.2, 0.25) is 0 Å². The van der Waals surface area contributed by atoms with Crippen LogP contribution >= 0.6 is 12.4 Å². The summed E-state index contributed by atoms with van der Waals surface area (Å²) in [6, 6.07) is 0. The Labute approximate surface area is 140 Å². The molecular weight excluding hydrogens is 296 g/mol. The molecular formula is C18H31ClN2O. The fraction of sp³-hybridized carbons (Fsp3) is 0.944. The van der Waals surface area contributed by atoms with Crippen LogP contribution in [0.3, 0.4) is 0 Å². The van der Waals surface area contributed by atoms with Crippen molar-refractivity contribution < 1.29 is 4.79 Å². The molecule has 4 heteroatoms. The summed E-state index contributed by atoms with van der Waals surface area (Å²) in [6.07, 6.45) is 11.6. The Balaban J connectivity index is 0.00000144. The van der Waals surface area contributed by atoms with Gasteiger partial charge in [0.05, 0.1) is 0 Å². The summed E-state index contributed by atoms with van der Waals surface area (Å²) in [7, 11) is 0. The molecule has 0 aromatic heterocycles.